The second-order valence-corrected chi connectivity index (χ2v) is 6.31. The maximum atomic E-state index is 11.7. The molecule has 11 heteroatoms. The van der Waals surface area contributed by atoms with Gasteiger partial charge < -0.3 is 19.8 Å². The van der Waals surface area contributed by atoms with Crippen LogP contribution in [0.15, 0.2) is 49.1 Å². The molecule has 0 radical (unpaired) electrons. The number of benzene rings is 1. The number of anilines is 1. The van der Waals surface area contributed by atoms with Gasteiger partial charge in [-0.25, -0.2) is 14.5 Å². The van der Waals surface area contributed by atoms with Crippen molar-refractivity contribution in [2.24, 2.45) is 0 Å². The molecule has 0 aliphatic heterocycles. The first-order chi connectivity index (χ1) is 13.7. The molecule has 3 rings (SSSR count). The Kier molecular flexibility index (Phi) is 6.85. The molecule has 0 saturated heterocycles. The molecule has 0 spiro atoms. The summed E-state index contributed by atoms with van der Waals surface area (Å²) in [7, 11) is -0.752. The fourth-order valence-electron chi connectivity index (χ4n) is 2.21. The van der Waals surface area contributed by atoms with Crippen LogP contribution in [0.3, 0.4) is 0 Å². The predicted molar refractivity (Wildman–Crippen MR) is 101 cm³/mol. The van der Waals surface area contributed by atoms with Crippen molar-refractivity contribution in [3.8, 4) is 22.9 Å². The van der Waals surface area contributed by atoms with Gasteiger partial charge in [0.05, 0.1) is 31.3 Å². The molecule has 0 saturated carbocycles. The van der Waals surface area contributed by atoms with Crippen LogP contribution >= 0.6 is 8.25 Å². The highest BCUT2D eigenvalue weighted by atomic mass is 31.1. The molecular weight excluding hydrogens is 385 g/mol. The van der Waals surface area contributed by atoms with Gasteiger partial charge in [-0.05, 0) is 12.1 Å². The number of nitrogens with two attached hydrogens (primary N) is 1. The monoisotopic (exact) mass is 404 g/mol. The minimum absolute atomic E-state index is 0.123. The fraction of sp³-hybridized carbons (Fsp3) is 0.235. The number of ether oxygens (including phenoxy) is 2. The maximum Gasteiger partial charge on any atom is 0.750 e. The molecule has 1 atom stereocenters. The Hall–Kier alpha value is -3.07. The molecule has 2 heterocycles. The lowest BCUT2D eigenvalue weighted by atomic mass is 10.2. The summed E-state index contributed by atoms with van der Waals surface area (Å²) in [5.41, 5.74) is 6.80. The first kappa shape index (κ1) is 19.7. The van der Waals surface area contributed by atoms with E-state index in [4.69, 9.17) is 24.3 Å². The molecule has 0 aliphatic rings. The molecular formula is C17H19N5O5P+. The van der Waals surface area contributed by atoms with E-state index in [1.54, 1.807) is 47.6 Å². The van der Waals surface area contributed by atoms with Crippen molar-refractivity contribution < 1.29 is 23.1 Å². The van der Waals surface area contributed by atoms with Crippen molar-refractivity contribution in [3.05, 3.63) is 49.1 Å². The topological polar surface area (TPSA) is 124 Å². The summed E-state index contributed by atoms with van der Waals surface area (Å²) in [5, 5.41) is 0. The summed E-state index contributed by atoms with van der Waals surface area (Å²) >= 11 is 0. The van der Waals surface area contributed by atoms with Crippen molar-refractivity contribution in [3.63, 3.8) is 0 Å². The van der Waals surface area contributed by atoms with Gasteiger partial charge in [0.1, 0.15) is 13.3 Å². The van der Waals surface area contributed by atoms with E-state index in [-0.39, 0.29) is 25.9 Å². The van der Waals surface area contributed by atoms with Gasteiger partial charge in [-0.3, -0.25) is 0 Å². The SMILES string of the molecule is COc1nc(N)ncc1-c1cn(COCCO[P+](=O)Oc2ccccc2)cn1. The van der Waals surface area contributed by atoms with Crippen LogP contribution in [-0.2, 0) is 20.6 Å². The van der Waals surface area contributed by atoms with Crippen molar-refractivity contribution in [1.29, 1.82) is 0 Å². The summed E-state index contributed by atoms with van der Waals surface area (Å²) in [6, 6.07) is 8.81. The van der Waals surface area contributed by atoms with Crippen LogP contribution < -0.4 is 15.0 Å². The Morgan fingerprint density at radius 1 is 1.18 bits per heavy atom. The molecule has 0 amide bonds. The van der Waals surface area contributed by atoms with E-state index in [0.29, 0.717) is 22.9 Å². The average Bonchev–Trinajstić information content (AvgIpc) is 3.17. The van der Waals surface area contributed by atoms with E-state index in [9.17, 15) is 4.57 Å². The van der Waals surface area contributed by atoms with Crippen molar-refractivity contribution in [2.75, 3.05) is 26.1 Å². The highest BCUT2D eigenvalue weighted by Crippen LogP contribution is 2.27. The summed E-state index contributed by atoms with van der Waals surface area (Å²) in [6.45, 7) is 0.606. The molecule has 1 unspecified atom stereocenters. The summed E-state index contributed by atoms with van der Waals surface area (Å²) in [4.78, 5) is 12.3. The molecule has 0 aliphatic carbocycles. The summed E-state index contributed by atoms with van der Waals surface area (Å²) < 4.78 is 34.3. The Labute approximate surface area is 162 Å². The lowest BCUT2D eigenvalue weighted by molar-refractivity contribution is 0.0534. The number of hydrogen-bond donors (Lipinski definition) is 1. The molecule has 146 valence electrons. The van der Waals surface area contributed by atoms with Gasteiger partial charge in [0, 0.05) is 17.0 Å². The van der Waals surface area contributed by atoms with Gasteiger partial charge in [0.15, 0.2) is 5.75 Å². The Balaban J connectivity index is 1.42. The van der Waals surface area contributed by atoms with Crippen LogP contribution in [0.4, 0.5) is 5.95 Å². The average molecular weight is 404 g/mol. The predicted octanol–water partition coefficient (Wildman–Crippen LogP) is 2.66. The highest BCUT2D eigenvalue weighted by molar-refractivity contribution is 7.33. The van der Waals surface area contributed by atoms with Gasteiger partial charge in [0.25, 0.3) is 0 Å². The smallest absolute Gasteiger partial charge is 0.480 e. The minimum atomic E-state index is -2.25. The van der Waals surface area contributed by atoms with Gasteiger partial charge in [-0.2, -0.15) is 4.98 Å². The van der Waals surface area contributed by atoms with E-state index in [2.05, 4.69) is 15.0 Å². The minimum Gasteiger partial charge on any atom is -0.480 e. The first-order valence-corrected chi connectivity index (χ1v) is 9.35. The zero-order valence-corrected chi connectivity index (χ0v) is 16.0. The van der Waals surface area contributed by atoms with E-state index in [1.807, 2.05) is 6.07 Å². The van der Waals surface area contributed by atoms with Gasteiger partial charge >= 0.3 is 8.25 Å². The highest BCUT2D eigenvalue weighted by Gasteiger charge is 2.21. The number of nitrogens with zero attached hydrogens (tertiary/aromatic N) is 4. The quantitative estimate of drug-likeness (QED) is 0.401. The molecule has 2 N–H and O–H groups in total. The van der Waals surface area contributed by atoms with E-state index in [0.717, 1.165) is 0 Å². The molecule has 0 bridgehead atoms. The van der Waals surface area contributed by atoms with E-state index < -0.39 is 8.25 Å². The van der Waals surface area contributed by atoms with Gasteiger partial charge in [-0.1, -0.05) is 18.2 Å². The lowest BCUT2D eigenvalue weighted by Gasteiger charge is -2.05. The Morgan fingerprint density at radius 2 is 2.00 bits per heavy atom. The van der Waals surface area contributed by atoms with Crippen LogP contribution in [0.5, 0.6) is 11.6 Å². The Morgan fingerprint density at radius 3 is 2.79 bits per heavy atom. The van der Waals surface area contributed by atoms with Crippen LogP contribution in [0.25, 0.3) is 11.3 Å². The molecule has 0 fully saturated rings. The number of imidazole rings is 1. The molecule has 3 aromatic rings. The van der Waals surface area contributed by atoms with Crippen LogP contribution in [0.1, 0.15) is 0 Å². The van der Waals surface area contributed by atoms with Crippen molar-refractivity contribution >= 4 is 14.2 Å². The first-order valence-electron chi connectivity index (χ1n) is 8.25. The normalized spacial score (nSPS) is 11.2. The number of methoxy groups -OCH3 is 1. The molecule has 1 aromatic carbocycles. The van der Waals surface area contributed by atoms with E-state index >= 15 is 0 Å². The number of nitrogen functional groups attached to an aromatic ring is 1. The summed E-state index contributed by atoms with van der Waals surface area (Å²) in [5.74, 6) is 0.949. The van der Waals surface area contributed by atoms with Crippen LogP contribution in [0.2, 0.25) is 0 Å². The molecule has 10 nitrogen and oxygen atoms in total. The largest absolute Gasteiger partial charge is 0.750 e. The second-order valence-electron chi connectivity index (χ2n) is 5.42. The third-order valence-corrected chi connectivity index (χ3v) is 4.22. The Bertz CT molecular complexity index is 921. The fourth-order valence-corrected chi connectivity index (χ4v) is 2.78. The maximum absolute atomic E-state index is 11.7. The van der Waals surface area contributed by atoms with Gasteiger partial charge in [-0.15, -0.1) is 4.52 Å². The van der Waals surface area contributed by atoms with Crippen LogP contribution in [-0.4, -0.2) is 39.8 Å². The third-order valence-electron chi connectivity index (χ3n) is 3.46. The number of rotatable bonds is 10. The van der Waals surface area contributed by atoms with Crippen molar-refractivity contribution in [1.82, 2.24) is 19.5 Å². The standard InChI is InChI=1S/C17H19N5O5P/c1-24-16-14(9-19-17(18)21-16)15-10-22(11-20-15)12-25-7-8-26-28(23)27-13-5-3-2-4-6-13/h2-6,9-11H,7-8,12H2,1H3,(H2,18,19,21)/q+1. The number of para-hydroxylation sites is 1. The molecule has 28 heavy (non-hydrogen) atoms. The zero-order chi connectivity index (χ0) is 19.8. The number of hydrogen-bond acceptors (Lipinski definition) is 9. The third kappa shape index (κ3) is 5.46. The van der Waals surface area contributed by atoms with Crippen molar-refractivity contribution in [2.45, 2.75) is 6.73 Å². The number of aromatic nitrogens is 4. The summed E-state index contributed by atoms with van der Waals surface area (Å²) in [6.07, 6.45) is 4.91. The second kappa shape index (κ2) is 9.75. The molecule has 2 aromatic heterocycles. The van der Waals surface area contributed by atoms with E-state index in [1.165, 1.54) is 7.11 Å². The van der Waals surface area contributed by atoms with Crippen LogP contribution in [0, 0.1) is 0 Å². The zero-order valence-electron chi connectivity index (χ0n) is 15.1. The lowest BCUT2D eigenvalue weighted by Crippen LogP contribution is -2.05. The van der Waals surface area contributed by atoms with Gasteiger partial charge in [0.2, 0.25) is 11.8 Å².